The van der Waals surface area contributed by atoms with Crippen LogP contribution in [0.25, 0.3) is 0 Å². The van der Waals surface area contributed by atoms with Crippen molar-refractivity contribution in [1.29, 1.82) is 0 Å². The Bertz CT molecular complexity index is 1220. The Hall–Kier alpha value is -3.45. The number of para-hydroxylation sites is 1. The zero-order chi connectivity index (χ0) is 25.1. The second-order valence-corrected chi connectivity index (χ2v) is 11.1. The van der Waals surface area contributed by atoms with E-state index in [4.69, 9.17) is 0 Å². The molecule has 0 bridgehead atoms. The average molecular weight is 478 g/mol. The molecule has 0 atom stereocenters. The van der Waals surface area contributed by atoms with E-state index < -0.39 is 5.91 Å². The number of benzene rings is 2. The molecule has 0 aliphatic heterocycles. The summed E-state index contributed by atoms with van der Waals surface area (Å²) in [5.74, 6) is -0.611. The van der Waals surface area contributed by atoms with Crippen molar-refractivity contribution >= 4 is 35.1 Å². The summed E-state index contributed by atoms with van der Waals surface area (Å²) in [5, 5.41) is 19.6. The Kier molecular flexibility index (Phi) is 7.26. The Morgan fingerprint density at radius 1 is 0.941 bits per heavy atom. The van der Waals surface area contributed by atoms with Crippen molar-refractivity contribution in [3.8, 4) is 5.75 Å². The van der Waals surface area contributed by atoms with Gasteiger partial charge in [0.05, 0.1) is 22.3 Å². The summed E-state index contributed by atoms with van der Waals surface area (Å²) in [6, 6.07) is 14.2. The van der Waals surface area contributed by atoms with E-state index in [1.165, 1.54) is 17.6 Å². The van der Waals surface area contributed by atoms with Crippen LogP contribution >= 0.6 is 11.3 Å². The van der Waals surface area contributed by atoms with E-state index in [2.05, 4.69) is 36.6 Å². The fourth-order valence-electron chi connectivity index (χ4n) is 3.36. The molecule has 3 N–H and O–H groups in total. The van der Waals surface area contributed by atoms with Gasteiger partial charge in [-0.1, -0.05) is 65.8 Å². The summed E-state index contributed by atoms with van der Waals surface area (Å²) in [6.07, 6.45) is 1.45. The number of phenolic OH excluding ortho intramolecular Hbond substituents is 1. The molecule has 1 aromatic heterocycles. The SMILES string of the molecule is CC(C)(C)c1cc(/C=N/NC(=O)c2ccccc2NC(=O)c2cccs2)c(O)c(C(C)(C)C)c1. The Morgan fingerprint density at radius 2 is 1.65 bits per heavy atom. The molecule has 34 heavy (non-hydrogen) atoms. The molecule has 0 saturated heterocycles. The molecule has 0 aliphatic carbocycles. The second kappa shape index (κ2) is 9.81. The maximum Gasteiger partial charge on any atom is 0.273 e. The normalized spacial score (nSPS) is 12.1. The fraction of sp³-hybridized carbons (Fsp3) is 0.296. The lowest BCUT2D eigenvalue weighted by Gasteiger charge is -2.26. The standard InChI is InChI=1S/C27H31N3O3S/c1-26(2,3)18-14-17(23(31)20(15-18)27(4,5)6)16-28-30-24(32)19-10-7-8-11-21(19)29-25(33)22-12-9-13-34-22/h7-16,31H,1-6H3,(H,29,33)(H,30,32)/b28-16+. The van der Waals surface area contributed by atoms with E-state index in [-0.39, 0.29) is 28.1 Å². The van der Waals surface area contributed by atoms with E-state index in [1.54, 1.807) is 36.4 Å². The largest absolute Gasteiger partial charge is 0.507 e. The molecule has 7 heteroatoms. The number of phenols is 1. The van der Waals surface area contributed by atoms with E-state index in [1.807, 2.05) is 38.3 Å². The third-order valence-corrected chi connectivity index (χ3v) is 6.22. The van der Waals surface area contributed by atoms with Gasteiger partial charge in [0.1, 0.15) is 5.75 Å². The minimum Gasteiger partial charge on any atom is -0.507 e. The van der Waals surface area contributed by atoms with Gasteiger partial charge in [-0.2, -0.15) is 5.10 Å². The first-order valence-corrected chi connectivity index (χ1v) is 11.9. The fourth-order valence-corrected chi connectivity index (χ4v) is 3.98. The van der Waals surface area contributed by atoms with E-state index in [0.717, 1.165) is 11.1 Å². The monoisotopic (exact) mass is 477 g/mol. The Labute approximate surface area is 204 Å². The maximum absolute atomic E-state index is 12.8. The van der Waals surface area contributed by atoms with Crippen LogP contribution in [0.5, 0.6) is 5.75 Å². The van der Waals surface area contributed by atoms with Gasteiger partial charge in [-0.15, -0.1) is 11.3 Å². The lowest BCUT2D eigenvalue weighted by Crippen LogP contribution is -2.21. The molecule has 0 fully saturated rings. The third-order valence-electron chi connectivity index (χ3n) is 5.35. The van der Waals surface area contributed by atoms with Gasteiger partial charge in [0, 0.05) is 11.1 Å². The van der Waals surface area contributed by atoms with Gasteiger partial charge in [0.2, 0.25) is 0 Å². The number of aromatic hydroxyl groups is 1. The number of anilines is 1. The molecule has 1 heterocycles. The lowest BCUT2D eigenvalue weighted by molar-refractivity contribution is 0.0956. The molecule has 0 radical (unpaired) electrons. The topological polar surface area (TPSA) is 90.8 Å². The minimum absolute atomic E-state index is 0.126. The highest BCUT2D eigenvalue weighted by molar-refractivity contribution is 7.12. The first kappa shape index (κ1) is 25.2. The van der Waals surface area contributed by atoms with Crippen LogP contribution in [0.4, 0.5) is 5.69 Å². The summed E-state index contributed by atoms with van der Waals surface area (Å²) in [4.78, 5) is 25.8. The minimum atomic E-state index is -0.471. The number of nitrogens with zero attached hydrogens (tertiary/aromatic N) is 1. The predicted molar refractivity (Wildman–Crippen MR) is 139 cm³/mol. The molecule has 3 rings (SSSR count). The summed E-state index contributed by atoms with van der Waals surface area (Å²) < 4.78 is 0. The summed E-state index contributed by atoms with van der Waals surface area (Å²) in [7, 11) is 0. The first-order chi connectivity index (χ1) is 15.9. The number of hydrogen-bond acceptors (Lipinski definition) is 5. The van der Waals surface area contributed by atoms with Crippen molar-refractivity contribution in [2.24, 2.45) is 5.10 Å². The van der Waals surface area contributed by atoms with Crippen LogP contribution in [0.2, 0.25) is 0 Å². The van der Waals surface area contributed by atoms with E-state index in [0.29, 0.717) is 16.1 Å². The third kappa shape index (κ3) is 5.91. The number of rotatable bonds is 5. The zero-order valence-electron chi connectivity index (χ0n) is 20.4. The average Bonchev–Trinajstić information content (AvgIpc) is 3.28. The van der Waals surface area contributed by atoms with Crippen molar-refractivity contribution < 1.29 is 14.7 Å². The molecular formula is C27H31N3O3S. The van der Waals surface area contributed by atoms with Crippen LogP contribution in [-0.4, -0.2) is 23.1 Å². The number of amides is 2. The smallest absolute Gasteiger partial charge is 0.273 e. The number of hydrogen-bond donors (Lipinski definition) is 3. The molecule has 178 valence electrons. The number of carbonyl (C=O) groups is 2. The predicted octanol–water partition coefficient (Wildman–Crippen LogP) is 6.06. The maximum atomic E-state index is 12.8. The van der Waals surface area contributed by atoms with Gasteiger partial charge < -0.3 is 10.4 Å². The molecular weight excluding hydrogens is 446 g/mol. The summed E-state index contributed by atoms with van der Waals surface area (Å²) in [6.45, 7) is 12.4. The zero-order valence-corrected chi connectivity index (χ0v) is 21.2. The summed E-state index contributed by atoms with van der Waals surface area (Å²) >= 11 is 1.32. The number of nitrogens with one attached hydrogen (secondary N) is 2. The Morgan fingerprint density at radius 3 is 2.26 bits per heavy atom. The highest BCUT2D eigenvalue weighted by atomic mass is 32.1. The van der Waals surface area contributed by atoms with Gasteiger partial charge in [-0.25, -0.2) is 5.43 Å². The molecule has 0 saturated carbocycles. The molecule has 0 unspecified atom stereocenters. The van der Waals surface area contributed by atoms with Gasteiger partial charge in [-0.05, 0) is 46.0 Å². The Balaban J connectivity index is 1.84. The van der Waals surface area contributed by atoms with Crippen LogP contribution < -0.4 is 10.7 Å². The molecule has 0 aliphatic rings. The van der Waals surface area contributed by atoms with Crippen molar-refractivity contribution in [1.82, 2.24) is 5.43 Å². The number of thiophene rings is 1. The van der Waals surface area contributed by atoms with Crippen molar-refractivity contribution in [3.05, 3.63) is 81.0 Å². The van der Waals surface area contributed by atoms with Gasteiger partial charge in [0.15, 0.2) is 0 Å². The van der Waals surface area contributed by atoms with E-state index in [9.17, 15) is 14.7 Å². The van der Waals surface area contributed by atoms with Crippen LogP contribution in [0.3, 0.4) is 0 Å². The highest BCUT2D eigenvalue weighted by Gasteiger charge is 2.24. The van der Waals surface area contributed by atoms with Gasteiger partial charge in [-0.3, -0.25) is 9.59 Å². The highest BCUT2D eigenvalue weighted by Crippen LogP contribution is 2.37. The van der Waals surface area contributed by atoms with Crippen LogP contribution in [0.1, 0.15) is 78.3 Å². The quantitative estimate of drug-likeness (QED) is 0.308. The van der Waals surface area contributed by atoms with Crippen LogP contribution in [-0.2, 0) is 10.8 Å². The summed E-state index contributed by atoms with van der Waals surface area (Å²) in [5.41, 5.74) is 5.19. The lowest BCUT2D eigenvalue weighted by atomic mass is 9.79. The van der Waals surface area contributed by atoms with Crippen LogP contribution in [0, 0.1) is 0 Å². The van der Waals surface area contributed by atoms with Crippen LogP contribution in [0.15, 0.2) is 59.0 Å². The first-order valence-electron chi connectivity index (χ1n) is 11.0. The van der Waals surface area contributed by atoms with Gasteiger partial charge in [0.25, 0.3) is 11.8 Å². The molecule has 2 amide bonds. The van der Waals surface area contributed by atoms with Crippen molar-refractivity contribution in [2.75, 3.05) is 5.32 Å². The molecule has 3 aromatic rings. The van der Waals surface area contributed by atoms with Crippen molar-refractivity contribution in [3.63, 3.8) is 0 Å². The van der Waals surface area contributed by atoms with E-state index >= 15 is 0 Å². The molecule has 0 spiro atoms. The van der Waals surface area contributed by atoms with Crippen molar-refractivity contribution in [2.45, 2.75) is 52.4 Å². The van der Waals surface area contributed by atoms with Gasteiger partial charge >= 0.3 is 0 Å². The number of hydrazone groups is 1. The molecule has 2 aromatic carbocycles. The number of carbonyl (C=O) groups excluding carboxylic acids is 2. The second-order valence-electron chi connectivity index (χ2n) is 10.1. The molecule has 6 nitrogen and oxygen atoms in total.